The highest BCUT2D eigenvalue weighted by molar-refractivity contribution is 7.89. The summed E-state index contributed by atoms with van der Waals surface area (Å²) in [6, 6.07) is 3.31. The number of sulfonamides is 1. The summed E-state index contributed by atoms with van der Waals surface area (Å²) < 4.78 is 23.4. The van der Waals surface area contributed by atoms with Gasteiger partial charge in [0.2, 0.25) is 10.0 Å². The smallest absolute Gasteiger partial charge is 0.238 e. The van der Waals surface area contributed by atoms with Gasteiger partial charge >= 0.3 is 0 Å². The highest BCUT2D eigenvalue weighted by Gasteiger charge is 2.25. The summed E-state index contributed by atoms with van der Waals surface area (Å²) in [6.45, 7) is 1.90. The number of hydrogen-bond donors (Lipinski definition) is 2. The van der Waals surface area contributed by atoms with Crippen molar-refractivity contribution in [2.45, 2.75) is 49.8 Å². The van der Waals surface area contributed by atoms with Crippen molar-refractivity contribution in [2.75, 3.05) is 5.73 Å². The van der Waals surface area contributed by atoms with E-state index in [1.165, 1.54) is 6.42 Å². The second-order valence-electron chi connectivity index (χ2n) is 5.09. The van der Waals surface area contributed by atoms with Gasteiger partial charge in [0, 0.05) is 5.69 Å². The molecule has 0 aromatic heterocycles. The molecule has 1 aliphatic rings. The Morgan fingerprint density at radius 2 is 1.74 bits per heavy atom. The number of hydrogen-bond acceptors (Lipinski definition) is 3. The highest BCUT2D eigenvalue weighted by atomic mass is 35.5. The van der Waals surface area contributed by atoms with Crippen molar-refractivity contribution >= 4 is 28.1 Å². The molecule has 4 nitrogen and oxygen atoms in total. The third-order valence-electron chi connectivity index (χ3n) is 3.79. The molecule has 1 aliphatic carbocycles. The molecule has 0 unspecified atom stereocenters. The Kier molecular flexibility index (Phi) is 5.24. The van der Waals surface area contributed by atoms with E-state index >= 15 is 0 Å². The minimum absolute atomic E-state index is 0. The predicted octanol–water partition coefficient (Wildman–Crippen LogP) is 2.69. The van der Waals surface area contributed by atoms with Gasteiger partial charge in [-0.2, -0.15) is 0 Å². The van der Waals surface area contributed by atoms with Crippen molar-refractivity contribution in [3.05, 3.63) is 23.3 Å². The first-order chi connectivity index (χ1) is 8.41. The van der Waals surface area contributed by atoms with E-state index in [0.717, 1.165) is 36.8 Å². The number of benzene rings is 1. The van der Waals surface area contributed by atoms with E-state index in [4.69, 9.17) is 10.9 Å². The molecule has 0 spiro atoms. The van der Waals surface area contributed by atoms with Gasteiger partial charge < -0.3 is 5.73 Å². The summed E-state index contributed by atoms with van der Waals surface area (Å²) in [6.07, 6.45) is 5.46. The Morgan fingerprint density at radius 1 is 1.16 bits per heavy atom. The van der Waals surface area contributed by atoms with Crippen LogP contribution in [0.5, 0.6) is 0 Å². The minimum atomic E-state index is -3.70. The predicted molar refractivity (Wildman–Crippen MR) is 80.0 cm³/mol. The average molecular weight is 305 g/mol. The van der Waals surface area contributed by atoms with E-state index in [2.05, 4.69) is 0 Å². The number of nitrogen functional groups attached to an aromatic ring is 1. The van der Waals surface area contributed by atoms with Crippen LogP contribution in [0, 0.1) is 6.92 Å². The van der Waals surface area contributed by atoms with Crippen LogP contribution in [0.4, 0.5) is 5.69 Å². The molecular formula is C13H21ClN2O2S. The van der Waals surface area contributed by atoms with E-state index in [0.29, 0.717) is 5.69 Å². The lowest BCUT2D eigenvalue weighted by Gasteiger charge is -2.25. The Bertz CT molecular complexity index is 552. The van der Waals surface area contributed by atoms with Crippen molar-refractivity contribution in [1.82, 2.24) is 0 Å². The molecule has 0 atom stereocenters. The maximum atomic E-state index is 11.7. The van der Waals surface area contributed by atoms with E-state index in [9.17, 15) is 8.42 Å². The van der Waals surface area contributed by atoms with Gasteiger partial charge in [0.25, 0.3) is 0 Å². The Labute approximate surface area is 121 Å². The Hall–Kier alpha value is -0.780. The molecule has 0 aliphatic heterocycles. The molecule has 0 bridgehead atoms. The van der Waals surface area contributed by atoms with Gasteiger partial charge in [-0.05, 0) is 42.9 Å². The zero-order valence-electron chi connectivity index (χ0n) is 11.1. The summed E-state index contributed by atoms with van der Waals surface area (Å²) in [5.41, 5.74) is 8.35. The lowest BCUT2D eigenvalue weighted by atomic mass is 9.82. The normalized spacial score (nSPS) is 16.9. The fraction of sp³-hybridized carbons (Fsp3) is 0.538. The third kappa shape index (κ3) is 3.41. The van der Waals surface area contributed by atoms with Crippen LogP contribution >= 0.6 is 12.4 Å². The summed E-state index contributed by atoms with van der Waals surface area (Å²) >= 11 is 0. The molecule has 1 aromatic rings. The van der Waals surface area contributed by atoms with Crippen molar-refractivity contribution in [3.63, 3.8) is 0 Å². The highest BCUT2D eigenvalue weighted by Crippen LogP contribution is 2.39. The van der Waals surface area contributed by atoms with E-state index < -0.39 is 10.0 Å². The second-order valence-corrected chi connectivity index (χ2v) is 6.62. The van der Waals surface area contributed by atoms with Crippen molar-refractivity contribution < 1.29 is 8.42 Å². The topological polar surface area (TPSA) is 86.2 Å². The molecule has 6 heteroatoms. The zero-order valence-corrected chi connectivity index (χ0v) is 12.7. The largest absolute Gasteiger partial charge is 0.398 e. The number of aryl methyl sites for hydroxylation is 1. The lowest BCUT2D eigenvalue weighted by molar-refractivity contribution is 0.439. The fourth-order valence-corrected chi connectivity index (χ4v) is 3.63. The lowest BCUT2D eigenvalue weighted by Crippen LogP contribution is -2.19. The van der Waals surface area contributed by atoms with Gasteiger partial charge in [0.05, 0.1) is 4.90 Å². The first-order valence-electron chi connectivity index (χ1n) is 6.33. The summed E-state index contributed by atoms with van der Waals surface area (Å²) in [4.78, 5) is 0.206. The maximum Gasteiger partial charge on any atom is 0.238 e. The number of rotatable bonds is 2. The van der Waals surface area contributed by atoms with Gasteiger partial charge in [-0.1, -0.05) is 25.3 Å². The third-order valence-corrected chi connectivity index (χ3v) is 4.75. The zero-order chi connectivity index (χ0) is 13.3. The van der Waals surface area contributed by atoms with E-state index in [1.54, 1.807) is 12.1 Å². The van der Waals surface area contributed by atoms with Crippen LogP contribution < -0.4 is 10.9 Å². The second kappa shape index (κ2) is 6.11. The molecule has 19 heavy (non-hydrogen) atoms. The molecule has 1 aromatic carbocycles. The molecule has 1 saturated carbocycles. The molecule has 0 radical (unpaired) electrons. The van der Waals surface area contributed by atoms with E-state index in [1.807, 2.05) is 6.92 Å². The number of primary sulfonamides is 1. The molecule has 1 fully saturated rings. The van der Waals surface area contributed by atoms with Gasteiger partial charge in [0.1, 0.15) is 0 Å². The monoisotopic (exact) mass is 304 g/mol. The summed E-state index contributed by atoms with van der Waals surface area (Å²) in [5, 5.41) is 5.30. The maximum absolute atomic E-state index is 11.7. The van der Waals surface area contributed by atoms with Gasteiger partial charge in [-0.25, -0.2) is 13.6 Å². The quantitative estimate of drug-likeness (QED) is 0.824. The van der Waals surface area contributed by atoms with Crippen LogP contribution in [0.15, 0.2) is 17.0 Å². The van der Waals surface area contributed by atoms with E-state index in [-0.39, 0.29) is 23.2 Å². The molecule has 0 saturated heterocycles. The molecule has 4 N–H and O–H groups in total. The SMILES string of the molecule is Cc1ccc(S(N)(=O)=O)c(C2CCCCC2)c1N.Cl. The fourth-order valence-electron chi connectivity index (χ4n) is 2.79. The van der Waals surface area contributed by atoms with Crippen molar-refractivity contribution in [3.8, 4) is 0 Å². The standard InChI is InChI=1S/C13H20N2O2S.ClH/c1-9-7-8-11(18(15,16)17)12(13(9)14)10-5-3-2-4-6-10;/h7-8,10H,2-6,14H2,1H3,(H2,15,16,17);1H. The van der Waals surface area contributed by atoms with Gasteiger partial charge in [-0.3, -0.25) is 0 Å². The first-order valence-corrected chi connectivity index (χ1v) is 7.87. The van der Waals surface area contributed by atoms with Crippen LogP contribution in [0.1, 0.15) is 49.1 Å². The number of nitrogens with two attached hydrogens (primary N) is 2. The van der Waals surface area contributed by atoms with Gasteiger partial charge in [0.15, 0.2) is 0 Å². The van der Waals surface area contributed by atoms with Crippen LogP contribution in [-0.4, -0.2) is 8.42 Å². The van der Waals surface area contributed by atoms with Crippen LogP contribution in [0.2, 0.25) is 0 Å². The Morgan fingerprint density at radius 3 is 2.26 bits per heavy atom. The van der Waals surface area contributed by atoms with Crippen LogP contribution in [-0.2, 0) is 10.0 Å². The molecule has 0 amide bonds. The molecular weight excluding hydrogens is 284 g/mol. The summed E-state index contributed by atoms with van der Waals surface area (Å²) in [7, 11) is -3.70. The first kappa shape index (κ1) is 16.3. The Balaban J connectivity index is 0.00000180. The van der Waals surface area contributed by atoms with Crippen molar-refractivity contribution in [2.24, 2.45) is 5.14 Å². The van der Waals surface area contributed by atoms with Crippen LogP contribution in [0.25, 0.3) is 0 Å². The number of halogens is 1. The molecule has 0 heterocycles. The average Bonchev–Trinajstić information content (AvgIpc) is 2.32. The molecule has 2 rings (SSSR count). The van der Waals surface area contributed by atoms with Crippen molar-refractivity contribution in [1.29, 1.82) is 0 Å². The number of anilines is 1. The summed E-state index contributed by atoms with van der Waals surface area (Å²) in [5.74, 6) is 0.229. The molecule has 108 valence electrons. The van der Waals surface area contributed by atoms with Gasteiger partial charge in [-0.15, -0.1) is 12.4 Å². The van der Waals surface area contributed by atoms with Crippen LogP contribution in [0.3, 0.4) is 0 Å². The minimum Gasteiger partial charge on any atom is -0.398 e.